The zero-order valence-corrected chi connectivity index (χ0v) is 8.99. The Balaban J connectivity index is 2.36. The highest BCUT2D eigenvalue weighted by Gasteiger charge is 2.11. The molecule has 15 heavy (non-hydrogen) atoms. The Bertz CT molecular complexity index is 474. The van der Waals surface area contributed by atoms with Gasteiger partial charge in [-0.1, -0.05) is 6.07 Å². The largest absolute Gasteiger partial charge is 0.481 e. The van der Waals surface area contributed by atoms with Crippen molar-refractivity contribution in [1.29, 1.82) is 0 Å². The monoisotopic (exact) mass is 222 g/mol. The van der Waals surface area contributed by atoms with Crippen molar-refractivity contribution in [3.05, 3.63) is 29.4 Å². The molecule has 0 aliphatic rings. The summed E-state index contributed by atoms with van der Waals surface area (Å²) in [7, 11) is 1.83. The molecule has 0 bridgehead atoms. The number of aromatic nitrogens is 2. The highest BCUT2D eigenvalue weighted by atomic mass is 32.1. The van der Waals surface area contributed by atoms with E-state index in [1.165, 1.54) is 0 Å². The maximum Gasteiger partial charge on any atom is 0.309 e. The van der Waals surface area contributed by atoms with Crippen LogP contribution in [0.1, 0.15) is 5.69 Å². The Hall–Kier alpha value is -1.62. The third kappa shape index (κ3) is 1.92. The number of nitrogens with zero attached hydrogens (tertiary/aromatic N) is 2. The number of thiophene rings is 1. The number of hydrogen-bond acceptors (Lipinski definition) is 3. The van der Waals surface area contributed by atoms with E-state index in [0.29, 0.717) is 5.69 Å². The molecule has 0 fully saturated rings. The maximum absolute atomic E-state index is 10.6. The zero-order valence-electron chi connectivity index (χ0n) is 8.17. The number of aliphatic carboxylic acids is 1. The first kappa shape index (κ1) is 9.92. The summed E-state index contributed by atoms with van der Waals surface area (Å²) < 4.78 is 1.82. The van der Waals surface area contributed by atoms with Crippen LogP contribution in [0.3, 0.4) is 0 Å². The molecule has 5 heteroatoms. The fraction of sp³-hybridized carbons (Fsp3) is 0.200. The minimum absolute atomic E-state index is 0.00880. The van der Waals surface area contributed by atoms with Gasteiger partial charge in [-0.05, 0) is 11.4 Å². The van der Waals surface area contributed by atoms with Crippen molar-refractivity contribution >= 4 is 17.3 Å². The second-order valence-corrected chi connectivity index (χ2v) is 4.13. The van der Waals surface area contributed by atoms with E-state index in [9.17, 15) is 4.79 Å². The average molecular weight is 222 g/mol. The van der Waals surface area contributed by atoms with Crippen molar-refractivity contribution in [2.45, 2.75) is 6.42 Å². The summed E-state index contributed by atoms with van der Waals surface area (Å²) in [5, 5.41) is 10.7. The molecule has 2 heterocycles. The molecule has 0 radical (unpaired) electrons. The molecule has 0 saturated heterocycles. The minimum atomic E-state index is -0.837. The number of rotatable bonds is 3. The van der Waals surface area contributed by atoms with Gasteiger partial charge in [0.25, 0.3) is 0 Å². The van der Waals surface area contributed by atoms with Gasteiger partial charge in [0.1, 0.15) is 5.82 Å². The Morgan fingerprint density at radius 1 is 1.67 bits per heavy atom. The van der Waals surface area contributed by atoms with Crippen molar-refractivity contribution in [2.75, 3.05) is 0 Å². The predicted molar refractivity (Wildman–Crippen MR) is 57.9 cm³/mol. The number of carboxylic acids is 1. The molecule has 4 nitrogen and oxygen atoms in total. The Labute approximate surface area is 90.8 Å². The molecule has 2 rings (SSSR count). The van der Waals surface area contributed by atoms with Crippen LogP contribution in [0.5, 0.6) is 0 Å². The van der Waals surface area contributed by atoms with Crippen LogP contribution >= 0.6 is 11.3 Å². The molecule has 2 aromatic rings. The van der Waals surface area contributed by atoms with Crippen LogP contribution in [0.4, 0.5) is 0 Å². The summed E-state index contributed by atoms with van der Waals surface area (Å²) in [4.78, 5) is 15.8. The van der Waals surface area contributed by atoms with Gasteiger partial charge in [-0.25, -0.2) is 4.98 Å². The van der Waals surface area contributed by atoms with Crippen LogP contribution in [0, 0.1) is 0 Å². The van der Waals surface area contributed by atoms with Gasteiger partial charge in [-0.2, -0.15) is 0 Å². The van der Waals surface area contributed by atoms with Gasteiger partial charge in [0.05, 0.1) is 11.3 Å². The van der Waals surface area contributed by atoms with Crippen LogP contribution in [-0.4, -0.2) is 20.6 Å². The Morgan fingerprint density at radius 3 is 3.07 bits per heavy atom. The lowest BCUT2D eigenvalue weighted by atomic mass is 10.3. The van der Waals surface area contributed by atoms with Crippen LogP contribution in [0.2, 0.25) is 0 Å². The highest BCUT2D eigenvalue weighted by Crippen LogP contribution is 2.23. The number of imidazole rings is 1. The van der Waals surface area contributed by atoms with E-state index in [0.717, 1.165) is 10.7 Å². The average Bonchev–Trinajstić information content (AvgIpc) is 2.76. The summed E-state index contributed by atoms with van der Waals surface area (Å²) >= 11 is 1.59. The molecule has 0 unspecified atom stereocenters. The summed E-state index contributed by atoms with van der Waals surface area (Å²) in [6, 6.07) is 3.92. The molecule has 1 N–H and O–H groups in total. The lowest BCUT2D eigenvalue weighted by Gasteiger charge is -2.01. The van der Waals surface area contributed by atoms with Crippen LogP contribution in [0.25, 0.3) is 10.7 Å². The molecule has 0 aliphatic carbocycles. The normalized spacial score (nSPS) is 10.5. The third-order valence-electron chi connectivity index (χ3n) is 2.16. The number of hydrogen-bond donors (Lipinski definition) is 1. The molecule has 0 atom stereocenters. The van der Waals surface area contributed by atoms with E-state index in [-0.39, 0.29) is 6.42 Å². The van der Waals surface area contributed by atoms with Gasteiger partial charge < -0.3 is 9.67 Å². The first-order valence-electron chi connectivity index (χ1n) is 4.44. The lowest BCUT2D eigenvalue weighted by Crippen LogP contribution is -2.05. The SMILES string of the molecule is Cn1c(CC(=O)O)cnc1-c1cccs1. The van der Waals surface area contributed by atoms with Crippen LogP contribution in [0.15, 0.2) is 23.7 Å². The van der Waals surface area contributed by atoms with E-state index in [2.05, 4.69) is 4.98 Å². The Kier molecular flexibility index (Phi) is 2.55. The van der Waals surface area contributed by atoms with E-state index >= 15 is 0 Å². The maximum atomic E-state index is 10.6. The van der Waals surface area contributed by atoms with E-state index in [1.54, 1.807) is 17.5 Å². The van der Waals surface area contributed by atoms with Crippen molar-refractivity contribution in [2.24, 2.45) is 7.05 Å². The fourth-order valence-electron chi connectivity index (χ4n) is 1.40. The highest BCUT2D eigenvalue weighted by molar-refractivity contribution is 7.13. The van der Waals surface area contributed by atoms with Crippen LogP contribution in [-0.2, 0) is 18.3 Å². The number of carbonyl (C=O) groups is 1. The van der Waals surface area contributed by atoms with E-state index in [4.69, 9.17) is 5.11 Å². The molecule has 0 aliphatic heterocycles. The second-order valence-electron chi connectivity index (χ2n) is 3.18. The molecule has 78 valence electrons. The quantitative estimate of drug-likeness (QED) is 0.861. The molecule has 0 amide bonds. The molecule has 0 aromatic carbocycles. The molecular formula is C10H10N2O2S. The molecular weight excluding hydrogens is 212 g/mol. The van der Waals surface area contributed by atoms with E-state index < -0.39 is 5.97 Å². The molecule has 0 saturated carbocycles. The topological polar surface area (TPSA) is 55.1 Å². The zero-order chi connectivity index (χ0) is 10.8. The third-order valence-corrected chi connectivity index (χ3v) is 3.02. The second kappa shape index (κ2) is 3.86. The molecule has 0 spiro atoms. The number of carboxylic acid groups (broad SMARTS) is 1. The van der Waals surface area contributed by atoms with Crippen molar-refractivity contribution in [3.63, 3.8) is 0 Å². The van der Waals surface area contributed by atoms with Crippen LogP contribution < -0.4 is 0 Å². The van der Waals surface area contributed by atoms with Gasteiger partial charge in [0.15, 0.2) is 0 Å². The first-order valence-corrected chi connectivity index (χ1v) is 5.32. The van der Waals surface area contributed by atoms with Gasteiger partial charge in [-0.15, -0.1) is 11.3 Å². The van der Waals surface area contributed by atoms with Crippen molar-refractivity contribution < 1.29 is 9.90 Å². The van der Waals surface area contributed by atoms with Gasteiger partial charge in [0.2, 0.25) is 0 Å². The smallest absolute Gasteiger partial charge is 0.309 e. The predicted octanol–water partition coefficient (Wildman–Crippen LogP) is 1.78. The van der Waals surface area contributed by atoms with Gasteiger partial charge in [0, 0.05) is 18.9 Å². The first-order chi connectivity index (χ1) is 7.18. The Morgan fingerprint density at radius 2 is 2.47 bits per heavy atom. The molecule has 2 aromatic heterocycles. The summed E-state index contributed by atoms with van der Waals surface area (Å²) in [6.45, 7) is 0. The summed E-state index contributed by atoms with van der Waals surface area (Å²) in [6.07, 6.45) is 1.62. The summed E-state index contributed by atoms with van der Waals surface area (Å²) in [5.41, 5.74) is 0.714. The lowest BCUT2D eigenvalue weighted by molar-refractivity contribution is -0.136. The summed E-state index contributed by atoms with van der Waals surface area (Å²) in [5.74, 6) is -0.0167. The van der Waals surface area contributed by atoms with E-state index in [1.807, 2.05) is 29.1 Å². The van der Waals surface area contributed by atoms with Gasteiger partial charge in [-0.3, -0.25) is 4.79 Å². The standard InChI is InChI=1S/C10H10N2O2S/c1-12-7(5-9(13)14)6-11-10(12)8-3-2-4-15-8/h2-4,6H,5H2,1H3,(H,13,14). The van der Waals surface area contributed by atoms with Gasteiger partial charge >= 0.3 is 5.97 Å². The van der Waals surface area contributed by atoms with Crippen molar-refractivity contribution in [3.8, 4) is 10.7 Å². The minimum Gasteiger partial charge on any atom is -0.481 e. The van der Waals surface area contributed by atoms with Crippen molar-refractivity contribution in [1.82, 2.24) is 9.55 Å². The fourth-order valence-corrected chi connectivity index (χ4v) is 2.15.